The van der Waals surface area contributed by atoms with E-state index in [0.717, 1.165) is 47.1 Å². The van der Waals surface area contributed by atoms with Gasteiger partial charge in [0.15, 0.2) is 0 Å². The smallest absolute Gasteiger partial charge is 0.254 e. The molecule has 190 valence electrons. The third-order valence-electron chi connectivity index (χ3n) is 7.23. The molecular formula is C28H30N6O3. The summed E-state index contributed by atoms with van der Waals surface area (Å²) in [5.74, 6) is 0.987. The van der Waals surface area contributed by atoms with E-state index in [9.17, 15) is 9.90 Å². The first-order chi connectivity index (χ1) is 17.8. The number of carbonyl (C=O) groups excluding carboxylic acids is 1. The lowest BCUT2D eigenvalue weighted by Crippen LogP contribution is -2.64. The number of pyridine rings is 2. The first kappa shape index (κ1) is 23.6. The largest absolute Gasteiger partial charge is 0.439 e. The molecule has 9 nitrogen and oxygen atoms in total. The van der Waals surface area contributed by atoms with Gasteiger partial charge in [-0.25, -0.2) is 4.98 Å². The Morgan fingerprint density at radius 2 is 2.11 bits per heavy atom. The fourth-order valence-electron chi connectivity index (χ4n) is 5.51. The van der Waals surface area contributed by atoms with Gasteiger partial charge >= 0.3 is 0 Å². The molecule has 0 radical (unpaired) electrons. The highest BCUT2D eigenvalue weighted by molar-refractivity contribution is 5.84. The molecule has 2 aliphatic rings. The molecule has 2 aliphatic heterocycles. The van der Waals surface area contributed by atoms with Gasteiger partial charge in [-0.15, -0.1) is 0 Å². The van der Waals surface area contributed by atoms with Crippen LogP contribution < -0.4 is 10.1 Å². The molecule has 3 aromatic heterocycles. The number of nitrogens with one attached hydrogen (secondary N) is 2. The second kappa shape index (κ2) is 8.93. The molecule has 4 aromatic rings. The van der Waals surface area contributed by atoms with Crippen LogP contribution in [0.5, 0.6) is 11.6 Å². The molecule has 2 bridgehead atoms. The second-order valence-electron chi connectivity index (χ2n) is 10.7. The number of piperazine rings is 1. The first-order valence-electron chi connectivity index (χ1n) is 12.6. The Morgan fingerprint density at radius 3 is 2.86 bits per heavy atom. The van der Waals surface area contributed by atoms with Crippen LogP contribution in [-0.4, -0.2) is 66.4 Å². The molecule has 2 fully saturated rings. The average Bonchev–Trinajstić information content (AvgIpc) is 3.51. The highest BCUT2D eigenvalue weighted by Crippen LogP contribution is 2.34. The molecule has 2 unspecified atom stereocenters. The zero-order chi connectivity index (χ0) is 25.6. The summed E-state index contributed by atoms with van der Waals surface area (Å²) in [6, 6.07) is 15.8. The Labute approximate surface area is 214 Å². The zero-order valence-electron chi connectivity index (χ0n) is 20.9. The van der Waals surface area contributed by atoms with Gasteiger partial charge in [0, 0.05) is 66.2 Å². The maximum absolute atomic E-state index is 12.8. The van der Waals surface area contributed by atoms with Crippen LogP contribution >= 0.6 is 0 Å². The molecule has 0 spiro atoms. The lowest BCUT2D eigenvalue weighted by Gasteiger charge is -2.43. The van der Waals surface area contributed by atoms with Gasteiger partial charge in [0.25, 0.3) is 5.91 Å². The number of H-pyrrole nitrogens is 1. The summed E-state index contributed by atoms with van der Waals surface area (Å²) in [6.07, 6.45) is 6.17. The van der Waals surface area contributed by atoms with Crippen molar-refractivity contribution in [1.82, 2.24) is 30.4 Å². The Morgan fingerprint density at radius 1 is 1.22 bits per heavy atom. The molecular weight excluding hydrogens is 468 g/mol. The summed E-state index contributed by atoms with van der Waals surface area (Å²) < 4.78 is 5.98. The molecule has 1 amide bonds. The maximum atomic E-state index is 12.8. The number of hydrogen-bond donors (Lipinski definition) is 3. The van der Waals surface area contributed by atoms with Crippen molar-refractivity contribution in [3.63, 3.8) is 0 Å². The van der Waals surface area contributed by atoms with Crippen molar-refractivity contribution < 1.29 is 14.6 Å². The molecule has 2 atom stereocenters. The minimum atomic E-state index is -1.36. The van der Waals surface area contributed by atoms with Crippen LogP contribution in [0.25, 0.3) is 22.2 Å². The van der Waals surface area contributed by atoms with Crippen molar-refractivity contribution in [3.8, 4) is 22.9 Å². The van der Waals surface area contributed by atoms with E-state index in [1.807, 2.05) is 47.4 Å². The van der Waals surface area contributed by atoms with E-state index in [4.69, 9.17) is 9.72 Å². The number of aromatic nitrogens is 4. The maximum Gasteiger partial charge on any atom is 0.254 e. The van der Waals surface area contributed by atoms with Crippen LogP contribution in [0.4, 0.5) is 0 Å². The molecule has 1 aromatic carbocycles. The van der Waals surface area contributed by atoms with Crippen molar-refractivity contribution in [2.75, 3.05) is 13.1 Å². The number of nitrogens with zero attached hydrogens (tertiary/aromatic N) is 4. The van der Waals surface area contributed by atoms with Gasteiger partial charge in [0.1, 0.15) is 11.4 Å². The predicted molar refractivity (Wildman–Crippen MR) is 139 cm³/mol. The summed E-state index contributed by atoms with van der Waals surface area (Å²) in [5.41, 5.74) is 2.12. The van der Waals surface area contributed by atoms with Gasteiger partial charge in [-0.2, -0.15) is 5.10 Å². The average molecular weight is 499 g/mol. The topological polar surface area (TPSA) is 116 Å². The Hall–Kier alpha value is -3.82. The Kier molecular flexibility index (Phi) is 5.69. The number of aliphatic hydroxyl groups is 1. The van der Waals surface area contributed by atoms with E-state index in [1.54, 1.807) is 26.2 Å². The fraction of sp³-hybridized carbons (Fsp3) is 0.357. The van der Waals surface area contributed by atoms with Crippen molar-refractivity contribution in [2.24, 2.45) is 0 Å². The van der Waals surface area contributed by atoms with E-state index < -0.39 is 5.60 Å². The number of carbonyl (C=O) groups is 1. The molecule has 37 heavy (non-hydrogen) atoms. The predicted octanol–water partition coefficient (Wildman–Crippen LogP) is 3.46. The molecule has 0 aliphatic carbocycles. The zero-order valence-corrected chi connectivity index (χ0v) is 20.9. The summed E-state index contributed by atoms with van der Waals surface area (Å²) in [5, 5.41) is 21.9. The van der Waals surface area contributed by atoms with E-state index in [0.29, 0.717) is 24.7 Å². The first-order valence-corrected chi connectivity index (χ1v) is 12.6. The van der Waals surface area contributed by atoms with Crippen LogP contribution in [0.2, 0.25) is 0 Å². The number of likely N-dealkylation sites (tertiary alicyclic amines) is 1. The quantitative estimate of drug-likeness (QED) is 0.373. The monoisotopic (exact) mass is 498 g/mol. The molecule has 2 saturated heterocycles. The van der Waals surface area contributed by atoms with Gasteiger partial charge < -0.3 is 20.1 Å². The van der Waals surface area contributed by atoms with Crippen molar-refractivity contribution in [1.29, 1.82) is 0 Å². The Balaban J connectivity index is 1.17. The lowest BCUT2D eigenvalue weighted by atomic mass is 9.90. The summed E-state index contributed by atoms with van der Waals surface area (Å²) in [7, 11) is 0. The molecule has 3 N–H and O–H groups in total. The molecule has 0 saturated carbocycles. The molecule has 6 rings (SSSR count). The minimum Gasteiger partial charge on any atom is -0.439 e. The van der Waals surface area contributed by atoms with Crippen molar-refractivity contribution in [3.05, 3.63) is 66.6 Å². The van der Waals surface area contributed by atoms with Gasteiger partial charge in [0.05, 0.1) is 11.2 Å². The highest BCUT2D eigenvalue weighted by Gasteiger charge is 2.47. The standard InChI is InChI=1S/C28H30N6O3/c1-27(2,36)26(35)34-16-21-9-11-28(17-34,32-21)14-20-5-3-18-13-22(6-7-23(18)31-20)37-25-8-4-19(15-29-25)24-10-12-30-33-24/h3-8,10,12-13,15,21,32,36H,9,11,14,16-17H2,1-2H3,(H,30,33). The van der Waals surface area contributed by atoms with Gasteiger partial charge in [0.2, 0.25) is 5.88 Å². The summed E-state index contributed by atoms with van der Waals surface area (Å²) in [4.78, 5) is 23.9. The number of benzene rings is 1. The van der Waals surface area contributed by atoms with Gasteiger partial charge in [-0.05, 0) is 63.1 Å². The van der Waals surface area contributed by atoms with Crippen LogP contribution in [0, 0.1) is 0 Å². The summed E-state index contributed by atoms with van der Waals surface area (Å²) in [6.45, 7) is 4.33. The van der Waals surface area contributed by atoms with Crippen molar-refractivity contribution >= 4 is 16.8 Å². The van der Waals surface area contributed by atoms with Gasteiger partial charge in [-0.1, -0.05) is 6.07 Å². The number of rotatable bonds is 6. The fourth-order valence-corrected chi connectivity index (χ4v) is 5.51. The lowest BCUT2D eigenvalue weighted by molar-refractivity contribution is -0.150. The number of amides is 1. The van der Waals surface area contributed by atoms with E-state index in [-0.39, 0.29) is 17.5 Å². The minimum absolute atomic E-state index is 0.213. The van der Waals surface area contributed by atoms with Gasteiger partial charge in [-0.3, -0.25) is 14.9 Å². The second-order valence-corrected chi connectivity index (χ2v) is 10.7. The van der Waals surface area contributed by atoms with Crippen LogP contribution in [0.15, 0.2) is 60.9 Å². The number of fused-ring (bicyclic) bond motifs is 3. The normalized spacial score (nSPS) is 21.4. The third kappa shape index (κ3) is 4.80. The van der Waals surface area contributed by atoms with E-state index in [1.165, 1.54) is 0 Å². The van der Waals surface area contributed by atoms with E-state index in [2.05, 4.69) is 26.6 Å². The number of ether oxygens (including phenoxy) is 1. The van der Waals surface area contributed by atoms with Crippen LogP contribution in [0.3, 0.4) is 0 Å². The highest BCUT2D eigenvalue weighted by atomic mass is 16.5. The van der Waals surface area contributed by atoms with Crippen LogP contribution in [0.1, 0.15) is 32.4 Å². The SMILES string of the molecule is CC(C)(O)C(=O)N1CC2CCC(Cc3ccc4cc(Oc5ccc(-c6ccn[nH]6)cn5)ccc4n3)(C1)N2. The number of hydrogen-bond acceptors (Lipinski definition) is 7. The third-order valence-corrected chi connectivity index (χ3v) is 7.23. The van der Waals surface area contributed by atoms with Crippen LogP contribution in [-0.2, 0) is 11.2 Å². The molecule has 9 heteroatoms. The van der Waals surface area contributed by atoms with E-state index >= 15 is 0 Å². The Bertz CT molecular complexity index is 1430. The number of aromatic amines is 1. The molecule has 5 heterocycles. The van der Waals surface area contributed by atoms with Crippen molar-refractivity contribution in [2.45, 2.75) is 50.3 Å². The summed E-state index contributed by atoms with van der Waals surface area (Å²) >= 11 is 0.